The number of esters is 1. The van der Waals surface area contributed by atoms with Crippen LogP contribution in [0.3, 0.4) is 0 Å². The molecule has 1 aliphatic heterocycles. The minimum absolute atomic E-state index is 0.130. The van der Waals surface area contributed by atoms with Gasteiger partial charge in [0.05, 0.1) is 48.6 Å². The number of ketones is 1. The number of hydrogen-bond donors (Lipinski definition) is 1. The highest BCUT2D eigenvalue weighted by molar-refractivity contribution is 6.51. The van der Waals surface area contributed by atoms with Gasteiger partial charge in [-0.2, -0.15) is 0 Å². The summed E-state index contributed by atoms with van der Waals surface area (Å²) in [7, 11) is 2.81. The number of rotatable bonds is 7. The number of hydrogen-bond acceptors (Lipinski definition) is 7. The second kappa shape index (κ2) is 11.0. The third-order valence-electron chi connectivity index (χ3n) is 6.29. The highest BCUT2D eigenvalue weighted by Gasteiger charge is 2.47. The van der Waals surface area contributed by atoms with Crippen LogP contribution in [0.2, 0.25) is 5.02 Å². The van der Waals surface area contributed by atoms with Gasteiger partial charge in [0.2, 0.25) is 0 Å². The van der Waals surface area contributed by atoms with Gasteiger partial charge in [0.15, 0.2) is 0 Å². The molecular formula is C29H26ClNO7. The number of nitrogens with zero attached hydrogens (tertiary/aromatic N) is 1. The van der Waals surface area contributed by atoms with E-state index in [9.17, 15) is 19.5 Å². The molecule has 1 fully saturated rings. The lowest BCUT2D eigenvalue weighted by molar-refractivity contribution is -0.132. The molecule has 8 nitrogen and oxygen atoms in total. The Labute approximate surface area is 225 Å². The summed E-state index contributed by atoms with van der Waals surface area (Å²) < 4.78 is 15.8. The Kier molecular flexibility index (Phi) is 7.73. The van der Waals surface area contributed by atoms with E-state index in [4.69, 9.17) is 25.8 Å². The van der Waals surface area contributed by atoms with E-state index >= 15 is 0 Å². The first-order valence-corrected chi connectivity index (χ1v) is 12.2. The average molecular weight is 536 g/mol. The monoisotopic (exact) mass is 535 g/mol. The normalized spacial score (nSPS) is 16.4. The Morgan fingerprint density at radius 3 is 2.37 bits per heavy atom. The van der Waals surface area contributed by atoms with E-state index in [-0.39, 0.29) is 39.8 Å². The molecule has 0 aromatic heterocycles. The summed E-state index contributed by atoms with van der Waals surface area (Å²) in [5.74, 6) is -2.33. The van der Waals surface area contributed by atoms with E-state index in [1.807, 2.05) is 19.1 Å². The summed E-state index contributed by atoms with van der Waals surface area (Å²) in [6, 6.07) is 15.4. The second-order valence-corrected chi connectivity index (χ2v) is 8.89. The topological polar surface area (TPSA) is 102 Å². The zero-order valence-corrected chi connectivity index (χ0v) is 22.0. The van der Waals surface area contributed by atoms with E-state index in [1.54, 1.807) is 37.3 Å². The number of aliphatic hydroxyl groups excluding tert-OH is 1. The Morgan fingerprint density at radius 2 is 1.71 bits per heavy atom. The first kappa shape index (κ1) is 26.8. The van der Waals surface area contributed by atoms with Gasteiger partial charge < -0.3 is 19.3 Å². The maximum atomic E-state index is 13.5. The van der Waals surface area contributed by atoms with E-state index < -0.39 is 29.5 Å². The lowest BCUT2D eigenvalue weighted by Gasteiger charge is -2.27. The third-order valence-corrected chi connectivity index (χ3v) is 6.59. The molecule has 0 radical (unpaired) electrons. The van der Waals surface area contributed by atoms with Crippen molar-refractivity contribution >= 4 is 40.7 Å². The molecule has 9 heteroatoms. The minimum Gasteiger partial charge on any atom is -0.507 e. The maximum Gasteiger partial charge on any atom is 0.338 e. The number of amides is 1. The van der Waals surface area contributed by atoms with Crippen LogP contribution >= 0.6 is 11.6 Å². The summed E-state index contributed by atoms with van der Waals surface area (Å²) in [5.41, 5.74) is 1.91. The molecule has 1 amide bonds. The van der Waals surface area contributed by atoms with Gasteiger partial charge >= 0.3 is 5.97 Å². The van der Waals surface area contributed by atoms with E-state index in [0.717, 1.165) is 5.56 Å². The highest BCUT2D eigenvalue weighted by atomic mass is 35.5. The van der Waals surface area contributed by atoms with Gasteiger partial charge in [0.25, 0.3) is 11.7 Å². The van der Waals surface area contributed by atoms with E-state index in [2.05, 4.69) is 0 Å². The van der Waals surface area contributed by atoms with Crippen LogP contribution in [0.4, 0.5) is 5.69 Å². The van der Waals surface area contributed by atoms with Crippen LogP contribution in [-0.4, -0.2) is 43.6 Å². The molecule has 1 unspecified atom stereocenters. The molecule has 1 N–H and O–H groups in total. The summed E-state index contributed by atoms with van der Waals surface area (Å²) in [6.07, 6.45) is 0. The second-order valence-electron chi connectivity index (χ2n) is 8.48. The van der Waals surface area contributed by atoms with Crippen LogP contribution in [0.1, 0.15) is 40.0 Å². The van der Waals surface area contributed by atoms with Crippen molar-refractivity contribution in [3.05, 3.63) is 93.5 Å². The standard InChI is InChI=1S/C29H26ClNO7/c1-5-38-29(35)17-10-8-11-18(13-17)31-25(19-12-7-6-9-16(19)2)24(27(33)28(31)34)26(32)20-14-23(37-4)21(30)15-22(20)36-3/h6-15,25,32H,5H2,1-4H3/b26-24+. The Balaban J connectivity index is 1.99. The fourth-order valence-electron chi connectivity index (χ4n) is 4.47. The van der Waals surface area contributed by atoms with Crippen molar-refractivity contribution < 1.29 is 33.7 Å². The molecule has 0 spiro atoms. The van der Waals surface area contributed by atoms with E-state index in [1.165, 1.54) is 37.3 Å². The van der Waals surface area contributed by atoms with Gasteiger partial charge in [-0.1, -0.05) is 41.9 Å². The number of ether oxygens (including phenoxy) is 3. The van der Waals surface area contributed by atoms with Crippen LogP contribution in [0, 0.1) is 6.92 Å². The molecule has 1 saturated heterocycles. The number of methoxy groups -OCH3 is 2. The van der Waals surface area contributed by atoms with Crippen molar-refractivity contribution in [2.24, 2.45) is 0 Å². The number of carbonyl (C=O) groups excluding carboxylic acids is 3. The number of carbonyl (C=O) groups is 3. The molecule has 0 saturated carbocycles. The zero-order chi connectivity index (χ0) is 27.6. The molecule has 0 bridgehead atoms. The molecule has 3 aromatic rings. The van der Waals surface area contributed by atoms with E-state index in [0.29, 0.717) is 11.3 Å². The molecule has 1 heterocycles. The summed E-state index contributed by atoms with van der Waals surface area (Å²) in [6.45, 7) is 3.72. The van der Waals surface area contributed by atoms with Gasteiger partial charge in [-0.15, -0.1) is 0 Å². The molecule has 4 rings (SSSR count). The zero-order valence-electron chi connectivity index (χ0n) is 21.3. The number of aliphatic hydroxyl groups is 1. The number of anilines is 1. The van der Waals surface area contributed by atoms with Crippen molar-refractivity contribution in [2.75, 3.05) is 25.7 Å². The van der Waals surface area contributed by atoms with Crippen molar-refractivity contribution in [2.45, 2.75) is 19.9 Å². The molecule has 196 valence electrons. The lowest BCUT2D eigenvalue weighted by atomic mass is 9.92. The van der Waals surface area contributed by atoms with Gasteiger partial charge in [-0.05, 0) is 49.2 Å². The Morgan fingerprint density at radius 1 is 1.00 bits per heavy atom. The SMILES string of the molecule is CCOC(=O)c1cccc(N2C(=O)C(=O)/C(=C(/O)c3cc(OC)c(Cl)cc3OC)C2c2ccccc2C)c1. The van der Waals surface area contributed by atoms with Gasteiger partial charge in [-0.3, -0.25) is 14.5 Å². The van der Waals surface area contributed by atoms with Crippen LogP contribution in [-0.2, 0) is 14.3 Å². The molecule has 1 aliphatic rings. The van der Waals surface area contributed by atoms with Gasteiger partial charge in [-0.25, -0.2) is 4.79 Å². The van der Waals surface area contributed by atoms with Crippen molar-refractivity contribution in [1.82, 2.24) is 0 Å². The predicted octanol–water partition coefficient (Wildman–Crippen LogP) is 5.47. The quantitative estimate of drug-likeness (QED) is 0.185. The smallest absolute Gasteiger partial charge is 0.338 e. The molecule has 38 heavy (non-hydrogen) atoms. The minimum atomic E-state index is -1.000. The first-order chi connectivity index (χ1) is 18.2. The van der Waals surface area contributed by atoms with Gasteiger partial charge in [0, 0.05) is 11.8 Å². The molecular weight excluding hydrogens is 510 g/mol. The summed E-state index contributed by atoms with van der Waals surface area (Å²) in [4.78, 5) is 40.7. The maximum absolute atomic E-state index is 13.5. The van der Waals surface area contributed by atoms with Crippen LogP contribution in [0.25, 0.3) is 5.76 Å². The highest BCUT2D eigenvalue weighted by Crippen LogP contribution is 2.45. The summed E-state index contributed by atoms with van der Waals surface area (Å²) in [5, 5.41) is 11.8. The summed E-state index contributed by atoms with van der Waals surface area (Å²) >= 11 is 6.24. The first-order valence-electron chi connectivity index (χ1n) is 11.8. The average Bonchev–Trinajstić information content (AvgIpc) is 3.18. The number of Topliss-reactive ketones (excluding diaryl/α,β-unsaturated/α-hetero) is 1. The number of halogens is 1. The van der Waals surface area contributed by atoms with Crippen LogP contribution < -0.4 is 14.4 Å². The fourth-order valence-corrected chi connectivity index (χ4v) is 4.71. The van der Waals surface area contributed by atoms with Crippen molar-refractivity contribution in [3.8, 4) is 11.5 Å². The number of aryl methyl sites for hydroxylation is 1. The van der Waals surface area contributed by atoms with Crippen molar-refractivity contribution in [1.29, 1.82) is 0 Å². The molecule has 0 aliphatic carbocycles. The molecule has 1 atom stereocenters. The number of benzene rings is 3. The molecule has 3 aromatic carbocycles. The third kappa shape index (κ3) is 4.70. The largest absolute Gasteiger partial charge is 0.507 e. The Hall–Kier alpha value is -4.30. The van der Waals surface area contributed by atoms with Gasteiger partial charge in [0.1, 0.15) is 17.3 Å². The van der Waals surface area contributed by atoms with Crippen molar-refractivity contribution in [3.63, 3.8) is 0 Å². The predicted molar refractivity (Wildman–Crippen MR) is 143 cm³/mol. The van der Waals surface area contributed by atoms with Crippen LogP contribution in [0.5, 0.6) is 11.5 Å². The fraction of sp³-hybridized carbons (Fsp3) is 0.207. The lowest BCUT2D eigenvalue weighted by Crippen LogP contribution is -2.30. The Bertz CT molecular complexity index is 1460. The van der Waals surface area contributed by atoms with Crippen LogP contribution in [0.15, 0.2) is 66.2 Å².